The summed E-state index contributed by atoms with van der Waals surface area (Å²) in [5.74, 6) is -4.38. The van der Waals surface area contributed by atoms with E-state index in [0.29, 0.717) is 0 Å². The van der Waals surface area contributed by atoms with E-state index < -0.39 is 116 Å². The van der Waals surface area contributed by atoms with Gasteiger partial charge in [0.1, 0.15) is 66.9 Å². The lowest BCUT2D eigenvalue weighted by Crippen LogP contribution is -2.60. The number of carboxylic acid groups (broad SMARTS) is 1. The lowest BCUT2D eigenvalue weighted by Gasteiger charge is -2.40. The van der Waals surface area contributed by atoms with Gasteiger partial charge >= 0.3 is 11.9 Å². The molecule has 1 aromatic rings. The van der Waals surface area contributed by atoms with Crippen molar-refractivity contribution in [1.29, 1.82) is 0 Å². The van der Waals surface area contributed by atoms with Gasteiger partial charge in [-0.2, -0.15) is 0 Å². The van der Waals surface area contributed by atoms with E-state index in [1.165, 1.54) is 12.1 Å². The number of aliphatic hydroxyl groups excluding tert-OH is 7. The summed E-state index contributed by atoms with van der Waals surface area (Å²) in [6, 6.07) is 6.64. The fourth-order valence-electron chi connectivity index (χ4n) is 5.23. The van der Waals surface area contributed by atoms with Crippen LogP contribution in [-0.2, 0) is 23.8 Å². The van der Waals surface area contributed by atoms with Crippen LogP contribution in [0.15, 0.2) is 45.6 Å². The molecule has 5 rings (SSSR count). The summed E-state index contributed by atoms with van der Waals surface area (Å²) in [4.78, 5) is 35.4. The van der Waals surface area contributed by atoms with Gasteiger partial charge in [-0.25, -0.2) is 0 Å². The Balaban J connectivity index is 1.52. The summed E-state index contributed by atoms with van der Waals surface area (Å²) in [5.41, 5.74) is -0.698. The predicted molar refractivity (Wildman–Crippen MR) is 160 cm³/mol. The molecule has 0 bridgehead atoms. The van der Waals surface area contributed by atoms with Crippen LogP contribution in [0.3, 0.4) is 0 Å². The van der Waals surface area contributed by atoms with Crippen molar-refractivity contribution in [3.05, 3.63) is 46.6 Å². The number of carbonyl (C=O) groups is 2. The normalized spacial score (nSPS) is 29.7. The Labute approximate surface area is 280 Å². The zero-order valence-corrected chi connectivity index (χ0v) is 25.7. The Morgan fingerprint density at radius 1 is 0.720 bits per heavy atom. The second-order valence-electron chi connectivity index (χ2n) is 11.5. The van der Waals surface area contributed by atoms with Crippen LogP contribution in [-0.4, -0.2) is 138 Å². The molecule has 10 atom stereocenters. The van der Waals surface area contributed by atoms with Crippen LogP contribution >= 0.6 is 0 Å². The molecule has 0 radical (unpaired) electrons. The summed E-state index contributed by atoms with van der Waals surface area (Å²) in [7, 11) is 0. The van der Waals surface area contributed by atoms with Crippen molar-refractivity contribution in [2.75, 3.05) is 13.2 Å². The van der Waals surface area contributed by atoms with Gasteiger partial charge in [-0.3, -0.25) is 14.4 Å². The average Bonchev–Trinajstić information content (AvgIpc) is 3.08. The number of esters is 1. The van der Waals surface area contributed by atoms with Crippen molar-refractivity contribution >= 4 is 11.9 Å². The Morgan fingerprint density at radius 3 is 1.96 bits per heavy atom. The van der Waals surface area contributed by atoms with Gasteiger partial charge in [-0.05, 0) is 24.3 Å². The van der Waals surface area contributed by atoms with Gasteiger partial charge in [-0.1, -0.05) is 0 Å². The summed E-state index contributed by atoms with van der Waals surface area (Å²) in [6.45, 7) is -1.45. The summed E-state index contributed by atoms with van der Waals surface area (Å²) in [5, 5.41) is 101. The highest BCUT2D eigenvalue weighted by molar-refractivity contribution is 5.77. The quantitative estimate of drug-likeness (QED) is 0.0732. The third kappa shape index (κ3) is 7.75. The molecule has 19 nitrogen and oxygen atoms in total. The summed E-state index contributed by atoms with van der Waals surface area (Å²) in [6.07, 6.45) is -18.5. The molecule has 0 aromatic heterocycles. The maximum Gasteiger partial charge on any atom is 0.306 e. The van der Waals surface area contributed by atoms with Gasteiger partial charge < -0.3 is 79.2 Å². The van der Waals surface area contributed by atoms with Crippen LogP contribution in [0.5, 0.6) is 23.0 Å². The number of phenolic OH excluding ortho intramolecular Hbond substituents is 2. The van der Waals surface area contributed by atoms with Crippen LogP contribution < -0.4 is 14.9 Å². The monoisotopic (exact) mass is 710 g/mol. The van der Waals surface area contributed by atoms with Crippen molar-refractivity contribution < 1.29 is 88.8 Å². The SMILES string of the molecule is O=C(O)CCC(=O)OC[C@H]1OC(Oc2cc3c(O[C@@H]4O[C@H](CO)[C@H](O)[C@@H](O)[C@H]4O)cc(=O)cc-3oc2-c2ccc(O)c(O)c2)[C@H](O)[C@H](O)[C@H]1O. The first kappa shape index (κ1) is 36.7. The summed E-state index contributed by atoms with van der Waals surface area (Å²) < 4.78 is 33.6. The predicted octanol–water partition coefficient (Wildman–Crippen LogP) is -2.40. The Hall–Kier alpha value is -4.57. The minimum absolute atomic E-state index is 0.0414. The number of carbonyl (C=O) groups excluding carboxylic acids is 1. The molecular weight excluding hydrogens is 676 g/mol. The van der Waals surface area contributed by atoms with Crippen LogP contribution in [0.1, 0.15) is 12.8 Å². The molecule has 3 aliphatic heterocycles. The average molecular weight is 711 g/mol. The number of hydrogen-bond donors (Lipinski definition) is 10. The van der Waals surface area contributed by atoms with Gasteiger partial charge in [0.05, 0.1) is 25.0 Å². The highest BCUT2D eigenvalue weighted by Crippen LogP contribution is 2.44. The number of hydrogen-bond acceptors (Lipinski definition) is 18. The van der Waals surface area contributed by atoms with Gasteiger partial charge in [-0.15, -0.1) is 0 Å². The molecule has 19 heteroatoms. The van der Waals surface area contributed by atoms with Crippen molar-refractivity contribution in [2.45, 2.75) is 74.3 Å². The molecule has 1 aliphatic carbocycles. The van der Waals surface area contributed by atoms with Crippen LogP contribution in [0, 0.1) is 0 Å². The van der Waals surface area contributed by atoms with E-state index >= 15 is 0 Å². The Bertz CT molecular complexity index is 1710. The third-order valence-corrected chi connectivity index (χ3v) is 7.98. The first-order valence-electron chi connectivity index (χ1n) is 15.0. The number of aliphatic hydroxyl groups is 7. The number of carboxylic acids is 1. The zero-order chi connectivity index (χ0) is 36.4. The smallest absolute Gasteiger partial charge is 0.306 e. The van der Waals surface area contributed by atoms with Gasteiger partial charge in [0, 0.05) is 17.7 Å². The molecule has 10 N–H and O–H groups in total. The molecular formula is C31H34O19. The standard InChI is InChI=1S/C31H34O19/c32-9-19-23(39)25(41)27(43)30(49-19)47-17-7-12(33)6-16-13(17)8-18(29(46-16)11-1-2-14(34)15(35)5-11)48-31-28(44)26(42)24(40)20(50-31)10-45-22(38)4-3-21(36)37/h1-2,5-8,19-20,23-28,30-32,34-35,39-44H,3-4,9-10H2,(H,36,37)/t19-,20-,23+,24+,25-,26-,27-,28-,30-,31?/m1/s1. The molecule has 2 fully saturated rings. The highest BCUT2D eigenvalue weighted by atomic mass is 16.7. The third-order valence-electron chi connectivity index (χ3n) is 7.98. The van der Waals surface area contributed by atoms with Crippen LogP contribution in [0.2, 0.25) is 0 Å². The second-order valence-corrected chi connectivity index (χ2v) is 11.5. The molecule has 1 unspecified atom stereocenters. The van der Waals surface area contributed by atoms with Crippen LogP contribution in [0.25, 0.3) is 22.6 Å². The first-order valence-corrected chi connectivity index (χ1v) is 15.0. The molecule has 0 spiro atoms. The van der Waals surface area contributed by atoms with E-state index in [9.17, 15) is 60.3 Å². The number of fused-ring (bicyclic) bond motifs is 1. The van der Waals surface area contributed by atoms with Crippen molar-refractivity contribution in [1.82, 2.24) is 0 Å². The van der Waals surface area contributed by atoms with E-state index in [-0.39, 0.29) is 34.1 Å². The Kier molecular flexibility index (Phi) is 11.1. The number of phenols is 2. The minimum Gasteiger partial charge on any atom is -0.504 e. The molecule has 1 aromatic carbocycles. The van der Waals surface area contributed by atoms with Crippen LogP contribution in [0.4, 0.5) is 0 Å². The fourth-order valence-corrected chi connectivity index (χ4v) is 5.23. The van der Waals surface area contributed by atoms with E-state index in [2.05, 4.69) is 0 Å². The zero-order valence-electron chi connectivity index (χ0n) is 25.7. The highest BCUT2D eigenvalue weighted by Gasteiger charge is 2.47. The van der Waals surface area contributed by atoms with Gasteiger partial charge in [0.25, 0.3) is 0 Å². The number of ether oxygens (including phenoxy) is 5. The molecule has 4 aliphatic rings. The minimum atomic E-state index is -1.95. The number of benzene rings is 2. The van der Waals surface area contributed by atoms with Gasteiger partial charge in [0.2, 0.25) is 12.6 Å². The Morgan fingerprint density at radius 2 is 1.34 bits per heavy atom. The second kappa shape index (κ2) is 15.1. The van der Waals surface area contributed by atoms with E-state index in [1.54, 1.807) is 0 Å². The van der Waals surface area contributed by atoms with Crippen molar-refractivity contribution in [3.63, 3.8) is 0 Å². The fraction of sp³-hybridized carbons (Fsp3) is 0.452. The van der Waals surface area contributed by atoms with E-state index in [1.807, 2.05) is 0 Å². The van der Waals surface area contributed by atoms with E-state index in [0.717, 1.165) is 24.3 Å². The lowest BCUT2D eigenvalue weighted by atomic mass is 9.99. The lowest BCUT2D eigenvalue weighted by molar-refractivity contribution is -0.278. The topological polar surface area (TPSA) is 313 Å². The molecule has 0 amide bonds. The molecule has 272 valence electrons. The molecule has 2 saturated heterocycles. The number of aromatic hydroxyl groups is 2. The van der Waals surface area contributed by atoms with E-state index in [4.69, 9.17) is 33.2 Å². The maximum atomic E-state index is 12.7. The largest absolute Gasteiger partial charge is 0.504 e. The maximum absolute atomic E-state index is 12.7. The number of rotatable bonds is 11. The number of aliphatic carboxylic acids is 1. The van der Waals surface area contributed by atoms with Gasteiger partial charge in [0.15, 0.2) is 28.4 Å². The molecule has 0 saturated carbocycles. The first-order chi connectivity index (χ1) is 23.7. The van der Waals surface area contributed by atoms with Crippen molar-refractivity contribution in [3.8, 4) is 45.6 Å². The van der Waals surface area contributed by atoms with Crippen molar-refractivity contribution in [2.24, 2.45) is 0 Å². The summed E-state index contributed by atoms with van der Waals surface area (Å²) >= 11 is 0. The molecule has 50 heavy (non-hydrogen) atoms. The molecule has 3 heterocycles.